The van der Waals surface area contributed by atoms with Crippen molar-refractivity contribution in [2.24, 2.45) is 11.8 Å². The average molecular weight is 489 g/mol. The van der Waals surface area contributed by atoms with Crippen molar-refractivity contribution >= 4 is 11.9 Å². The number of methoxy groups -OCH3 is 1. The smallest absolute Gasteiger partial charge is 0.308 e. The van der Waals surface area contributed by atoms with Crippen LogP contribution >= 0.6 is 0 Å². The van der Waals surface area contributed by atoms with Gasteiger partial charge in [0.25, 0.3) is 0 Å². The molecule has 1 saturated carbocycles. The summed E-state index contributed by atoms with van der Waals surface area (Å²) in [6.07, 6.45) is 7.77. The Hall–Kier alpha value is -2.66. The molecule has 0 N–H and O–H groups in total. The average Bonchev–Trinajstić information content (AvgIpc) is 3.35. The number of fused-ring (bicyclic) bond motifs is 1. The van der Waals surface area contributed by atoms with Crippen LogP contribution in [0.1, 0.15) is 62.1 Å². The number of hydrogen-bond acceptors (Lipinski definition) is 4. The molecule has 1 atom stereocenters. The summed E-state index contributed by atoms with van der Waals surface area (Å²) in [5, 5.41) is 0. The number of amides is 1. The van der Waals surface area contributed by atoms with Crippen LogP contribution < -0.4 is 0 Å². The van der Waals surface area contributed by atoms with E-state index in [2.05, 4.69) is 54.3 Å². The van der Waals surface area contributed by atoms with E-state index in [1.165, 1.54) is 54.3 Å². The minimum atomic E-state index is -0.130. The van der Waals surface area contributed by atoms with Crippen LogP contribution in [-0.4, -0.2) is 54.5 Å². The third-order valence-electron chi connectivity index (χ3n) is 8.81. The van der Waals surface area contributed by atoms with Crippen LogP contribution in [-0.2, 0) is 33.7 Å². The summed E-state index contributed by atoms with van der Waals surface area (Å²) in [6, 6.07) is 16.5. The predicted molar refractivity (Wildman–Crippen MR) is 142 cm³/mol. The summed E-state index contributed by atoms with van der Waals surface area (Å²) in [7, 11) is 1.45. The highest BCUT2D eigenvalue weighted by Gasteiger charge is 2.33. The number of esters is 1. The number of carbonyl (C=O) groups excluding carboxylic acids is 2. The maximum atomic E-state index is 13.2. The van der Waals surface area contributed by atoms with Gasteiger partial charge in [0.2, 0.25) is 5.91 Å². The van der Waals surface area contributed by atoms with Crippen molar-refractivity contribution in [2.75, 3.05) is 26.7 Å². The molecule has 0 bridgehead atoms. The van der Waals surface area contributed by atoms with Crippen molar-refractivity contribution in [3.05, 3.63) is 59.2 Å². The minimum Gasteiger partial charge on any atom is -0.469 e. The Morgan fingerprint density at radius 1 is 0.889 bits per heavy atom. The molecule has 2 aliphatic heterocycles. The van der Waals surface area contributed by atoms with E-state index >= 15 is 0 Å². The molecule has 2 heterocycles. The van der Waals surface area contributed by atoms with Gasteiger partial charge in [0, 0.05) is 31.6 Å². The molecule has 2 aromatic carbocycles. The van der Waals surface area contributed by atoms with Gasteiger partial charge in [0.05, 0.1) is 13.0 Å². The highest BCUT2D eigenvalue weighted by Crippen LogP contribution is 2.33. The van der Waals surface area contributed by atoms with Crippen molar-refractivity contribution in [2.45, 2.75) is 70.9 Å². The molecule has 1 amide bonds. The van der Waals surface area contributed by atoms with E-state index in [4.69, 9.17) is 4.74 Å². The lowest BCUT2D eigenvalue weighted by Crippen LogP contribution is -2.41. The standard InChI is InChI=1S/C31H40N2O3/c1-22-4-3-17-32(22)18-15-23-5-7-24(8-6-23)27-13-14-29-21-33(19-16-28(29)20-27)30(34)25-9-11-26(12-10-25)31(35)36-2/h5-8,13-14,20,22,25-26H,3-4,9-12,15-19,21H2,1-2H3. The Morgan fingerprint density at radius 2 is 1.61 bits per heavy atom. The number of ether oxygens (including phenoxy) is 1. The van der Waals surface area contributed by atoms with E-state index in [-0.39, 0.29) is 23.7 Å². The number of nitrogens with zero attached hydrogens (tertiary/aromatic N) is 2. The van der Waals surface area contributed by atoms with Crippen molar-refractivity contribution in [3.63, 3.8) is 0 Å². The summed E-state index contributed by atoms with van der Waals surface area (Å²) < 4.78 is 4.89. The van der Waals surface area contributed by atoms with E-state index in [0.717, 1.165) is 57.7 Å². The normalized spacial score (nSPS) is 24.4. The lowest BCUT2D eigenvalue weighted by atomic mass is 9.81. The SMILES string of the molecule is COC(=O)C1CCC(C(=O)N2CCc3cc(-c4ccc(CCN5CCCC5C)cc4)ccc3C2)CC1. The molecular formula is C31H40N2O3. The van der Waals surface area contributed by atoms with Crippen molar-refractivity contribution in [1.82, 2.24) is 9.80 Å². The molecule has 1 saturated heterocycles. The molecule has 0 aromatic heterocycles. The zero-order valence-electron chi connectivity index (χ0n) is 21.9. The first-order valence-corrected chi connectivity index (χ1v) is 13.8. The van der Waals surface area contributed by atoms with E-state index in [9.17, 15) is 9.59 Å². The second-order valence-electron chi connectivity index (χ2n) is 11.0. The summed E-state index contributed by atoms with van der Waals surface area (Å²) >= 11 is 0. The Kier molecular flexibility index (Phi) is 7.76. The maximum absolute atomic E-state index is 13.2. The summed E-state index contributed by atoms with van der Waals surface area (Å²) in [4.78, 5) is 29.6. The fourth-order valence-electron chi connectivity index (χ4n) is 6.38. The first-order valence-electron chi connectivity index (χ1n) is 13.8. The zero-order valence-corrected chi connectivity index (χ0v) is 21.9. The van der Waals surface area contributed by atoms with Gasteiger partial charge in [-0.25, -0.2) is 0 Å². The van der Waals surface area contributed by atoms with Crippen molar-refractivity contribution < 1.29 is 14.3 Å². The largest absolute Gasteiger partial charge is 0.469 e. The predicted octanol–water partition coefficient (Wildman–Crippen LogP) is 5.24. The van der Waals surface area contributed by atoms with Gasteiger partial charge in [-0.2, -0.15) is 0 Å². The molecule has 2 fully saturated rings. The molecule has 5 rings (SSSR count). The fourth-order valence-corrected chi connectivity index (χ4v) is 6.38. The van der Waals surface area contributed by atoms with Crippen LogP contribution in [0.4, 0.5) is 0 Å². The van der Waals surface area contributed by atoms with Crippen LogP contribution in [0, 0.1) is 11.8 Å². The van der Waals surface area contributed by atoms with E-state index in [0.29, 0.717) is 6.54 Å². The maximum Gasteiger partial charge on any atom is 0.308 e. The zero-order chi connectivity index (χ0) is 25.1. The third kappa shape index (κ3) is 5.51. The van der Waals surface area contributed by atoms with Crippen LogP contribution in [0.15, 0.2) is 42.5 Å². The topological polar surface area (TPSA) is 49.9 Å². The highest BCUT2D eigenvalue weighted by atomic mass is 16.5. The summed E-state index contributed by atoms with van der Waals surface area (Å²) in [5.74, 6) is 0.128. The second kappa shape index (κ2) is 11.2. The number of carbonyl (C=O) groups is 2. The van der Waals surface area contributed by atoms with Gasteiger partial charge < -0.3 is 14.5 Å². The molecular weight excluding hydrogens is 448 g/mol. The molecule has 36 heavy (non-hydrogen) atoms. The molecule has 1 aliphatic carbocycles. The summed E-state index contributed by atoms with van der Waals surface area (Å²) in [5.41, 5.74) is 6.55. The Balaban J connectivity index is 1.17. The van der Waals surface area contributed by atoms with Crippen LogP contribution in [0.5, 0.6) is 0 Å². The van der Waals surface area contributed by atoms with Crippen LogP contribution in [0.2, 0.25) is 0 Å². The van der Waals surface area contributed by atoms with Crippen LogP contribution in [0.3, 0.4) is 0 Å². The Labute approximate surface area is 215 Å². The number of benzene rings is 2. The second-order valence-corrected chi connectivity index (χ2v) is 11.0. The number of likely N-dealkylation sites (tertiary alicyclic amines) is 1. The number of rotatable bonds is 6. The fraction of sp³-hybridized carbons (Fsp3) is 0.548. The van der Waals surface area contributed by atoms with Crippen LogP contribution in [0.25, 0.3) is 11.1 Å². The molecule has 3 aliphatic rings. The molecule has 192 valence electrons. The van der Waals surface area contributed by atoms with Crippen molar-refractivity contribution in [3.8, 4) is 11.1 Å². The lowest BCUT2D eigenvalue weighted by Gasteiger charge is -2.34. The number of hydrogen-bond donors (Lipinski definition) is 0. The van der Waals surface area contributed by atoms with E-state index in [1.807, 2.05) is 4.90 Å². The molecule has 5 nitrogen and oxygen atoms in total. The van der Waals surface area contributed by atoms with Gasteiger partial charge in [0.15, 0.2) is 0 Å². The molecule has 2 aromatic rings. The highest BCUT2D eigenvalue weighted by molar-refractivity contribution is 5.80. The minimum absolute atomic E-state index is 0.0395. The molecule has 1 unspecified atom stereocenters. The van der Waals surface area contributed by atoms with E-state index < -0.39 is 0 Å². The third-order valence-corrected chi connectivity index (χ3v) is 8.81. The first-order chi connectivity index (χ1) is 17.5. The van der Waals surface area contributed by atoms with Gasteiger partial charge in [-0.15, -0.1) is 0 Å². The first kappa shape index (κ1) is 25.0. The molecule has 0 spiro atoms. The van der Waals surface area contributed by atoms with E-state index in [1.54, 1.807) is 0 Å². The lowest BCUT2D eigenvalue weighted by molar-refractivity contribution is -0.148. The van der Waals surface area contributed by atoms with Gasteiger partial charge >= 0.3 is 5.97 Å². The quantitative estimate of drug-likeness (QED) is 0.522. The van der Waals surface area contributed by atoms with Crippen molar-refractivity contribution in [1.29, 1.82) is 0 Å². The molecule has 5 heteroatoms. The monoisotopic (exact) mass is 488 g/mol. The Bertz CT molecular complexity index is 1070. The van der Waals surface area contributed by atoms with Gasteiger partial charge in [-0.3, -0.25) is 9.59 Å². The summed E-state index contributed by atoms with van der Waals surface area (Å²) in [6.45, 7) is 6.22. The van der Waals surface area contributed by atoms with Gasteiger partial charge in [0.1, 0.15) is 0 Å². The van der Waals surface area contributed by atoms with Gasteiger partial charge in [-0.1, -0.05) is 42.5 Å². The molecule has 0 radical (unpaired) electrons. The Morgan fingerprint density at radius 3 is 2.31 bits per heavy atom. The van der Waals surface area contributed by atoms with Gasteiger partial charge in [-0.05, 0) is 92.7 Å².